The van der Waals surface area contributed by atoms with E-state index in [-0.39, 0.29) is 85.0 Å². The molecule has 0 radical (unpaired) electrons. The number of aliphatic carboxylic acids is 1. The van der Waals surface area contributed by atoms with Crippen molar-refractivity contribution in [3.8, 4) is 0 Å². The van der Waals surface area contributed by atoms with Crippen LogP contribution in [0.1, 0.15) is 114 Å². The molecule has 414 valence electrons. The molecule has 18 nitrogen and oxygen atoms in total. The number of likely N-dealkylation sites (tertiary alicyclic amines) is 2. The Morgan fingerprint density at radius 2 is 0.961 bits per heavy atom. The number of hydrogen-bond acceptors (Lipinski definition) is 15. The number of ether oxygens (including phenoxy) is 7. The van der Waals surface area contributed by atoms with E-state index in [9.17, 15) is 33.9 Å². The van der Waals surface area contributed by atoms with Gasteiger partial charge in [0.2, 0.25) is 0 Å². The summed E-state index contributed by atoms with van der Waals surface area (Å²) in [6.07, 6.45) is 7.01. The second kappa shape index (κ2) is 32.4. The Morgan fingerprint density at radius 3 is 1.38 bits per heavy atom. The summed E-state index contributed by atoms with van der Waals surface area (Å²) in [7, 11) is 0. The van der Waals surface area contributed by atoms with Crippen LogP contribution >= 0.6 is 0 Å². The van der Waals surface area contributed by atoms with Crippen molar-refractivity contribution >= 4 is 35.9 Å². The van der Waals surface area contributed by atoms with Gasteiger partial charge in [-0.1, -0.05) is 105 Å². The molecule has 0 saturated carbocycles. The molecule has 76 heavy (non-hydrogen) atoms. The van der Waals surface area contributed by atoms with E-state index in [1.807, 2.05) is 105 Å². The van der Waals surface area contributed by atoms with Crippen LogP contribution in [0, 0.1) is 16.2 Å². The normalized spacial score (nSPS) is 21.2. The third-order valence-corrected chi connectivity index (χ3v) is 14.7. The molecule has 1 unspecified atom stereocenters. The van der Waals surface area contributed by atoms with Gasteiger partial charge in [0.15, 0.2) is 5.78 Å². The first-order valence-corrected chi connectivity index (χ1v) is 25.9. The van der Waals surface area contributed by atoms with Crippen molar-refractivity contribution in [1.82, 2.24) is 15.1 Å². The minimum Gasteiger partial charge on any atom is -0.870 e. The first-order chi connectivity index (χ1) is 35.3. The van der Waals surface area contributed by atoms with Crippen LogP contribution in [0.5, 0.6) is 0 Å². The minimum absolute atomic E-state index is 0. The van der Waals surface area contributed by atoms with Gasteiger partial charge in [0, 0.05) is 71.3 Å². The Kier molecular flexibility index (Phi) is 27.7. The van der Waals surface area contributed by atoms with Gasteiger partial charge < -0.3 is 49.1 Å². The van der Waals surface area contributed by atoms with E-state index in [1.165, 1.54) is 4.90 Å². The zero-order valence-corrected chi connectivity index (χ0v) is 44.3. The zero-order chi connectivity index (χ0) is 52.1. The number of benzene rings is 3. The van der Waals surface area contributed by atoms with Crippen molar-refractivity contribution < 1.29 is 91.4 Å². The van der Waals surface area contributed by atoms with Crippen LogP contribution in [-0.2, 0) is 60.8 Å². The van der Waals surface area contributed by atoms with Crippen molar-refractivity contribution in [2.75, 3.05) is 72.5 Å². The second-order valence-corrected chi connectivity index (χ2v) is 19.7. The number of hydrogen-bond donors (Lipinski definition) is 2. The molecular formula is C57H80LiN3O15. The predicted octanol–water partition coefficient (Wildman–Crippen LogP) is 5.49. The minimum atomic E-state index is -0.968. The molecule has 6 aliphatic rings. The molecule has 6 saturated heterocycles. The van der Waals surface area contributed by atoms with E-state index in [1.54, 1.807) is 11.8 Å². The first kappa shape index (κ1) is 65.0. The third-order valence-electron chi connectivity index (χ3n) is 14.7. The van der Waals surface area contributed by atoms with Crippen molar-refractivity contribution in [1.29, 1.82) is 0 Å². The number of carbonyl (C=O) groups is 6. The Labute approximate surface area is 460 Å². The van der Waals surface area contributed by atoms with Crippen LogP contribution in [0.25, 0.3) is 0 Å². The molecule has 6 aliphatic heterocycles. The van der Waals surface area contributed by atoms with Gasteiger partial charge in [-0.2, -0.15) is 0 Å². The molecule has 9 rings (SSSR count). The number of esters is 2. The van der Waals surface area contributed by atoms with E-state index in [0.717, 1.165) is 81.4 Å². The number of ketones is 1. The molecule has 0 bridgehead atoms. The average Bonchev–Trinajstić information content (AvgIpc) is 4.13. The third kappa shape index (κ3) is 18.7. The summed E-state index contributed by atoms with van der Waals surface area (Å²) in [5.41, 5.74) is 2.69. The quantitative estimate of drug-likeness (QED) is 0.105. The van der Waals surface area contributed by atoms with Crippen LogP contribution < -0.4 is 24.2 Å². The molecule has 3 atom stereocenters. The predicted molar refractivity (Wildman–Crippen MR) is 278 cm³/mol. The zero-order valence-electron chi connectivity index (χ0n) is 44.3. The summed E-state index contributed by atoms with van der Waals surface area (Å²) < 4.78 is 37.2. The van der Waals surface area contributed by atoms with Crippen LogP contribution in [0.15, 0.2) is 91.0 Å². The maximum atomic E-state index is 12.6. The van der Waals surface area contributed by atoms with E-state index < -0.39 is 30.2 Å². The van der Waals surface area contributed by atoms with Crippen LogP contribution in [0.3, 0.4) is 0 Å². The Morgan fingerprint density at radius 1 is 0.566 bits per heavy atom. The summed E-state index contributed by atoms with van der Waals surface area (Å²) >= 11 is 0. The van der Waals surface area contributed by atoms with E-state index in [2.05, 4.69) is 5.32 Å². The SMILES string of the molecule is C.CCC(=O)c1ccccc1.CCOC(=O)C1CC2(CCOCC2)CN1.CCOC(=O)[C@@H]1CC2(CCOCC2)CN1C(=O)OCc1ccccc1.O=C(O)[C@@H]1CC2(CCOCC2)CN1C(=O)OCc1ccccc1.[Li+].[OH-]. The number of nitrogens with one attached hydrogen (secondary N) is 1. The van der Waals surface area contributed by atoms with Gasteiger partial charge in [0.25, 0.3) is 0 Å². The van der Waals surface area contributed by atoms with Gasteiger partial charge in [0.05, 0.1) is 13.2 Å². The summed E-state index contributed by atoms with van der Waals surface area (Å²) in [5, 5.41) is 12.7. The summed E-state index contributed by atoms with van der Waals surface area (Å²) in [4.78, 5) is 74.4. The van der Waals surface area contributed by atoms with Gasteiger partial charge in [-0.25, -0.2) is 19.2 Å². The van der Waals surface area contributed by atoms with Gasteiger partial charge in [-0.05, 0) is 99.0 Å². The van der Waals surface area contributed by atoms with E-state index in [4.69, 9.17) is 33.2 Å². The van der Waals surface area contributed by atoms with Gasteiger partial charge in [-0.15, -0.1) is 0 Å². The maximum Gasteiger partial charge on any atom is 1.00 e. The number of carboxylic acid groups (broad SMARTS) is 1. The molecule has 3 spiro atoms. The van der Waals surface area contributed by atoms with Crippen molar-refractivity contribution in [2.24, 2.45) is 16.2 Å². The fourth-order valence-electron chi connectivity index (χ4n) is 10.4. The summed E-state index contributed by atoms with van der Waals surface area (Å²) in [5.74, 6) is -1.20. The van der Waals surface area contributed by atoms with Crippen LogP contribution in [-0.4, -0.2) is 147 Å². The summed E-state index contributed by atoms with van der Waals surface area (Å²) in [6, 6.07) is 26.8. The van der Waals surface area contributed by atoms with Crippen molar-refractivity contribution in [3.63, 3.8) is 0 Å². The number of carbonyl (C=O) groups excluding carboxylic acids is 5. The molecular weight excluding hydrogens is 974 g/mol. The second-order valence-electron chi connectivity index (χ2n) is 19.7. The number of nitrogens with zero attached hydrogens (tertiary/aromatic N) is 2. The molecule has 2 amide bonds. The average molecular weight is 1050 g/mol. The number of carboxylic acids is 1. The topological polar surface area (TPSA) is 236 Å². The molecule has 6 heterocycles. The largest absolute Gasteiger partial charge is 1.00 e. The number of rotatable bonds is 11. The van der Waals surface area contributed by atoms with Gasteiger partial charge >= 0.3 is 49.0 Å². The van der Waals surface area contributed by atoms with Crippen molar-refractivity contribution in [2.45, 2.75) is 124 Å². The standard InChI is InChI=1S/C19H25NO5.C17H21NO5.C11H19NO3.C9H10O.CH4.Li.H2O/c1-2-24-17(21)16-12-19(8-10-23-11-9-19)14-20(16)18(22)25-13-15-6-4-3-5-7-15;19-15(20)14-10-17(6-8-22-9-7-17)12-18(14)16(21)23-11-13-4-2-1-3-5-13;1-2-15-10(13)9-7-11(8-12-9)3-5-14-6-4-11;1-2-9(10)8-6-4-3-5-7-8;;;/h3-7,16H,2,8-14H2,1H3;1-5,14H,6-12H2,(H,19,20);9,12H,2-8H2,1H3;3-7H,2H2,1H3;1H4;;1H2/q;;;;;+1;/p-1/t16-;14-;;;;;/m00...../s1. The summed E-state index contributed by atoms with van der Waals surface area (Å²) in [6.45, 7) is 12.7. The Balaban J connectivity index is 0.000000276. The first-order valence-electron chi connectivity index (χ1n) is 25.9. The van der Waals surface area contributed by atoms with E-state index >= 15 is 0 Å². The molecule has 3 aromatic rings. The number of amides is 2. The molecule has 0 aromatic heterocycles. The molecule has 19 heteroatoms. The molecule has 6 fully saturated rings. The van der Waals surface area contributed by atoms with E-state index in [0.29, 0.717) is 72.0 Å². The fraction of sp³-hybridized carbons (Fsp3) is 0.579. The van der Waals surface area contributed by atoms with Crippen molar-refractivity contribution in [3.05, 3.63) is 108 Å². The van der Waals surface area contributed by atoms with Crippen LogP contribution in [0.2, 0.25) is 0 Å². The Bertz CT molecular complexity index is 2220. The fourth-order valence-corrected chi connectivity index (χ4v) is 10.4. The molecule has 3 aromatic carbocycles. The maximum absolute atomic E-state index is 12.6. The monoisotopic (exact) mass is 1050 g/mol. The van der Waals surface area contributed by atoms with Crippen LogP contribution in [0.4, 0.5) is 9.59 Å². The number of Topliss-reactive ketones (excluding diaryl/α,β-unsaturated/α-hetero) is 1. The molecule has 3 N–H and O–H groups in total. The molecule has 0 aliphatic carbocycles. The smallest absolute Gasteiger partial charge is 0.870 e. The van der Waals surface area contributed by atoms with Gasteiger partial charge in [-0.3, -0.25) is 19.4 Å². The Hall–Kier alpha value is -5.32. The van der Waals surface area contributed by atoms with Gasteiger partial charge in [0.1, 0.15) is 31.3 Å².